The predicted octanol–water partition coefficient (Wildman–Crippen LogP) is 4.25. The molecule has 0 atom stereocenters. The zero-order valence-corrected chi connectivity index (χ0v) is 13.2. The Morgan fingerprint density at radius 3 is 2.90 bits per heavy atom. The molecule has 2 N–H and O–H groups in total. The summed E-state index contributed by atoms with van der Waals surface area (Å²) in [5.74, 6) is 2.24. The Kier molecular flexibility index (Phi) is 4.31. The minimum Gasteiger partial charge on any atom is -0.391 e. The summed E-state index contributed by atoms with van der Waals surface area (Å²) in [7, 11) is 0. The van der Waals surface area contributed by atoms with E-state index in [1.54, 1.807) is 0 Å². The fraction of sp³-hybridized carbons (Fsp3) is 0.571. The summed E-state index contributed by atoms with van der Waals surface area (Å²) in [6.07, 6.45) is 6.78. The minimum atomic E-state index is 0.600. The number of aromatic nitrogens is 2. The summed E-state index contributed by atoms with van der Waals surface area (Å²) < 4.78 is 5.37. The molecule has 6 heteroatoms. The molecule has 4 nitrogen and oxygen atoms in total. The molecule has 1 aliphatic carbocycles. The van der Waals surface area contributed by atoms with Crippen LogP contribution in [0, 0.1) is 6.92 Å². The van der Waals surface area contributed by atoms with Crippen molar-refractivity contribution in [2.75, 3.05) is 5.73 Å². The molecule has 1 aliphatic rings. The molecule has 0 spiro atoms. The molecule has 0 unspecified atom stereocenters. The summed E-state index contributed by atoms with van der Waals surface area (Å²) in [4.78, 5) is 5.49. The van der Waals surface area contributed by atoms with Gasteiger partial charge in [0, 0.05) is 5.25 Å². The number of thioether (sulfide) groups is 1. The third-order valence-corrected chi connectivity index (χ3v) is 6.02. The van der Waals surface area contributed by atoms with E-state index in [0.717, 1.165) is 32.3 Å². The number of hydrogen-bond acceptors (Lipinski definition) is 6. The van der Waals surface area contributed by atoms with Crippen molar-refractivity contribution in [1.82, 2.24) is 10.1 Å². The van der Waals surface area contributed by atoms with Crippen LogP contribution in [-0.2, 0) is 5.75 Å². The summed E-state index contributed by atoms with van der Waals surface area (Å²) in [5, 5.41) is 5.64. The lowest BCUT2D eigenvalue weighted by atomic mass is 10.0. The van der Waals surface area contributed by atoms with E-state index < -0.39 is 0 Å². The molecule has 2 aromatic heterocycles. The first-order chi connectivity index (χ1) is 9.72. The number of nitrogen functional groups attached to an aromatic ring is 1. The third-order valence-electron chi connectivity index (χ3n) is 3.60. The van der Waals surface area contributed by atoms with Crippen molar-refractivity contribution in [3.8, 4) is 10.8 Å². The van der Waals surface area contributed by atoms with Crippen LogP contribution < -0.4 is 5.73 Å². The highest BCUT2D eigenvalue weighted by Gasteiger charge is 2.17. The molecule has 2 aromatic rings. The Labute approximate surface area is 127 Å². The largest absolute Gasteiger partial charge is 0.391 e. The van der Waals surface area contributed by atoms with E-state index in [2.05, 4.69) is 10.1 Å². The summed E-state index contributed by atoms with van der Waals surface area (Å²) in [6, 6.07) is 1.95. The Hall–Kier alpha value is -1.01. The van der Waals surface area contributed by atoms with E-state index in [9.17, 15) is 0 Å². The maximum atomic E-state index is 5.80. The molecular formula is C14H19N3OS2. The van der Waals surface area contributed by atoms with Crippen molar-refractivity contribution in [3.63, 3.8) is 0 Å². The lowest BCUT2D eigenvalue weighted by Crippen LogP contribution is -2.08. The van der Waals surface area contributed by atoms with Gasteiger partial charge in [0.2, 0.25) is 0 Å². The van der Waals surface area contributed by atoms with Gasteiger partial charge in [-0.1, -0.05) is 24.4 Å². The number of hydrogen-bond donors (Lipinski definition) is 1. The predicted molar refractivity (Wildman–Crippen MR) is 84.9 cm³/mol. The van der Waals surface area contributed by atoms with Gasteiger partial charge >= 0.3 is 0 Å². The van der Waals surface area contributed by atoms with Crippen LogP contribution in [0.5, 0.6) is 0 Å². The molecule has 0 aromatic carbocycles. The number of nitrogens with two attached hydrogens (primary N) is 1. The highest BCUT2D eigenvalue weighted by Crippen LogP contribution is 2.34. The van der Waals surface area contributed by atoms with Crippen LogP contribution in [0.1, 0.15) is 43.5 Å². The van der Waals surface area contributed by atoms with Gasteiger partial charge in [0.25, 0.3) is 5.89 Å². The minimum absolute atomic E-state index is 0.600. The molecule has 1 saturated carbocycles. The Bertz CT molecular complexity index is 573. The summed E-state index contributed by atoms with van der Waals surface area (Å²) in [5.41, 5.74) is 6.90. The van der Waals surface area contributed by atoms with Gasteiger partial charge in [-0.15, -0.1) is 11.3 Å². The van der Waals surface area contributed by atoms with E-state index in [4.69, 9.17) is 10.3 Å². The van der Waals surface area contributed by atoms with Gasteiger partial charge in [-0.2, -0.15) is 16.7 Å². The van der Waals surface area contributed by atoms with Crippen molar-refractivity contribution >= 4 is 28.1 Å². The smallest absolute Gasteiger partial charge is 0.268 e. The third kappa shape index (κ3) is 3.17. The zero-order chi connectivity index (χ0) is 13.9. The molecule has 20 heavy (non-hydrogen) atoms. The number of thiophene rings is 1. The second kappa shape index (κ2) is 6.18. The number of aryl methyl sites for hydroxylation is 1. The molecular weight excluding hydrogens is 290 g/mol. The molecule has 3 rings (SSSR count). The molecule has 0 bridgehead atoms. The van der Waals surface area contributed by atoms with Crippen molar-refractivity contribution in [2.45, 2.75) is 50.0 Å². The van der Waals surface area contributed by atoms with Gasteiger partial charge in [-0.05, 0) is 31.4 Å². The maximum Gasteiger partial charge on any atom is 0.268 e. The van der Waals surface area contributed by atoms with Gasteiger partial charge in [0.1, 0.15) is 0 Å². The molecule has 0 amide bonds. The zero-order valence-electron chi connectivity index (χ0n) is 11.6. The van der Waals surface area contributed by atoms with Crippen LogP contribution in [0.2, 0.25) is 0 Å². The number of rotatable bonds is 4. The van der Waals surface area contributed by atoms with Crippen molar-refractivity contribution < 1.29 is 4.52 Å². The Balaban J connectivity index is 1.63. The molecule has 0 saturated heterocycles. The molecule has 0 radical (unpaired) electrons. The number of nitrogens with zero attached hydrogens (tertiary/aromatic N) is 2. The van der Waals surface area contributed by atoms with E-state index >= 15 is 0 Å². The Morgan fingerprint density at radius 2 is 2.20 bits per heavy atom. The fourth-order valence-corrected chi connectivity index (χ4v) is 4.58. The first kappa shape index (κ1) is 13.9. The topological polar surface area (TPSA) is 64.9 Å². The van der Waals surface area contributed by atoms with Crippen LogP contribution in [-0.4, -0.2) is 15.4 Å². The SMILES string of the molecule is Cc1cc(N)sc1-c1nc(CSC2CCCCC2)no1. The van der Waals surface area contributed by atoms with Gasteiger partial charge in [0.05, 0.1) is 15.6 Å². The first-order valence-electron chi connectivity index (χ1n) is 7.03. The first-order valence-corrected chi connectivity index (χ1v) is 8.89. The van der Waals surface area contributed by atoms with Crippen LogP contribution in [0.4, 0.5) is 5.00 Å². The number of anilines is 1. The van der Waals surface area contributed by atoms with Crippen molar-refractivity contribution in [3.05, 3.63) is 17.5 Å². The van der Waals surface area contributed by atoms with Crippen LogP contribution in [0.3, 0.4) is 0 Å². The Morgan fingerprint density at radius 1 is 1.40 bits per heavy atom. The van der Waals surface area contributed by atoms with Gasteiger partial charge in [0.15, 0.2) is 5.82 Å². The van der Waals surface area contributed by atoms with E-state index in [1.807, 2.05) is 24.8 Å². The van der Waals surface area contributed by atoms with Gasteiger partial charge < -0.3 is 10.3 Å². The van der Waals surface area contributed by atoms with Crippen LogP contribution in [0.15, 0.2) is 10.6 Å². The lowest BCUT2D eigenvalue weighted by molar-refractivity contribution is 0.425. The average Bonchev–Trinajstić information content (AvgIpc) is 3.04. The van der Waals surface area contributed by atoms with Gasteiger partial charge in [-0.25, -0.2) is 0 Å². The average molecular weight is 309 g/mol. The fourth-order valence-electron chi connectivity index (χ4n) is 2.55. The van der Waals surface area contributed by atoms with Crippen molar-refractivity contribution in [1.29, 1.82) is 0 Å². The second-order valence-corrected chi connectivity index (χ2v) is 7.62. The summed E-state index contributed by atoms with van der Waals surface area (Å²) >= 11 is 3.46. The monoisotopic (exact) mass is 309 g/mol. The second-order valence-electron chi connectivity index (χ2n) is 5.25. The summed E-state index contributed by atoms with van der Waals surface area (Å²) in [6.45, 7) is 2.02. The van der Waals surface area contributed by atoms with Gasteiger partial charge in [-0.3, -0.25) is 0 Å². The highest BCUT2D eigenvalue weighted by atomic mass is 32.2. The molecule has 108 valence electrons. The van der Waals surface area contributed by atoms with E-state index in [1.165, 1.54) is 43.4 Å². The van der Waals surface area contributed by atoms with Crippen LogP contribution in [0.25, 0.3) is 10.8 Å². The molecule has 2 heterocycles. The normalized spacial score (nSPS) is 16.6. The maximum absolute atomic E-state index is 5.80. The van der Waals surface area contributed by atoms with Crippen molar-refractivity contribution in [2.24, 2.45) is 0 Å². The van der Waals surface area contributed by atoms with Crippen LogP contribution >= 0.6 is 23.1 Å². The molecule has 0 aliphatic heterocycles. The standard InChI is InChI=1S/C14H19N3OS2/c1-9-7-11(15)20-13(9)14-16-12(17-18-14)8-19-10-5-3-2-4-6-10/h7,10H,2-6,8,15H2,1H3. The highest BCUT2D eigenvalue weighted by molar-refractivity contribution is 7.99. The van der Waals surface area contributed by atoms with E-state index in [0.29, 0.717) is 5.89 Å². The molecule has 1 fully saturated rings. The quantitative estimate of drug-likeness (QED) is 0.914. The lowest BCUT2D eigenvalue weighted by Gasteiger charge is -2.19. The van der Waals surface area contributed by atoms with E-state index in [-0.39, 0.29) is 0 Å².